The van der Waals surface area contributed by atoms with Crippen molar-refractivity contribution in [2.75, 3.05) is 0 Å². The van der Waals surface area contributed by atoms with Crippen molar-refractivity contribution in [3.8, 4) is 0 Å². The minimum absolute atomic E-state index is 0.0954. The lowest BCUT2D eigenvalue weighted by atomic mass is 10.0. The lowest BCUT2D eigenvalue weighted by Crippen LogP contribution is -2.40. The molecule has 0 aromatic carbocycles. The maximum absolute atomic E-state index is 11.5. The topological polar surface area (TPSA) is 105 Å². The number of rotatable bonds is 4. The number of carbonyl (C=O) groups excluding carboxylic acids is 1. The maximum atomic E-state index is 11.5. The number of aromatic nitrogens is 2. The van der Waals surface area contributed by atoms with Crippen LogP contribution in [0.3, 0.4) is 0 Å². The quantitative estimate of drug-likeness (QED) is 0.762. The van der Waals surface area contributed by atoms with E-state index in [4.69, 9.17) is 5.11 Å². The summed E-state index contributed by atoms with van der Waals surface area (Å²) in [5.74, 6) is -2.02. The number of nitrogens with one attached hydrogen (secondary N) is 1. The highest BCUT2D eigenvalue weighted by molar-refractivity contribution is 5.90. The summed E-state index contributed by atoms with van der Waals surface area (Å²) in [6, 6.07) is -0.510. The Labute approximate surface area is 91.8 Å². The summed E-state index contributed by atoms with van der Waals surface area (Å²) in [6.07, 6.45) is 0. The van der Waals surface area contributed by atoms with E-state index in [0.717, 1.165) is 0 Å². The standard InChI is InChI=1S/C9H13N3O4/c1-4(9(14)15)5(2)10-8(13)7-11-6(3)16-12-7/h4-5H,1-3H3,(H,10,13)(H,14,15). The highest BCUT2D eigenvalue weighted by Crippen LogP contribution is 2.03. The van der Waals surface area contributed by atoms with Gasteiger partial charge in [0.1, 0.15) is 0 Å². The fourth-order valence-electron chi connectivity index (χ4n) is 1.00. The van der Waals surface area contributed by atoms with E-state index in [2.05, 4.69) is 20.0 Å². The third kappa shape index (κ3) is 2.78. The second kappa shape index (κ2) is 4.73. The zero-order valence-electron chi connectivity index (χ0n) is 9.22. The third-order valence-corrected chi connectivity index (χ3v) is 2.23. The van der Waals surface area contributed by atoms with Crippen molar-refractivity contribution >= 4 is 11.9 Å². The van der Waals surface area contributed by atoms with Crippen LogP contribution in [0, 0.1) is 12.8 Å². The van der Waals surface area contributed by atoms with Crippen LogP contribution in [0.4, 0.5) is 0 Å². The molecule has 1 aromatic rings. The Kier molecular flexibility index (Phi) is 3.60. The van der Waals surface area contributed by atoms with E-state index in [1.54, 1.807) is 13.8 Å². The molecule has 0 bridgehead atoms. The highest BCUT2D eigenvalue weighted by atomic mass is 16.5. The van der Waals surface area contributed by atoms with Crippen molar-refractivity contribution in [3.63, 3.8) is 0 Å². The fourth-order valence-corrected chi connectivity index (χ4v) is 1.00. The van der Waals surface area contributed by atoms with E-state index in [0.29, 0.717) is 0 Å². The second-order valence-corrected chi connectivity index (χ2v) is 3.53. The average molecular weight is 227 g/mol. The third-order valence-electron chi connectivity index (χ3n) is 2.23. The SMILES string of the molecule is Cc1nc(C(=O)NC(C)C(C)C(=O)O)no1. The predicted molar refractivity (Wildman–Crippen MR) is 52.8 cm³/mol. The van der Waals surface area contributed by atoms with Gasteiger partial charge >= 0.3 is 5.97 Å². The van der Waals surface area contributed by atoms with Crippen LogP contribution in [0.2, 0.25) is 0 Å². The van der Waals surface area contributed by atoms with Crippen LogP contribution in [0.1, 0.15) is 30.4 Å². The molecule has 16 heavy (non-hydrogen) atoms. The first-order valence-corrected chi connectivity index (χ1v) is 4.75. The largest absolute Gasteiger partial charge is 0.481 e. The first-order valence-electron chi connectivity index (χ1n) is 4.75. The number of hydrogen-bond acceptors (Lipinski definition) is 5. The number of carbonyl (C=O) groups is 2. The number of carboxylic acids is 1. The normalized spacial score (nSPS) is 14.2. The second-order valence-electron chi connectivity index (χ2n) is 3.53. The monoisotopic (exact) mass is 227 g/mol. The van der Waals surface area contributed by atoms with Crippen molar-refractivity contribution in [2.24, 2.45) is 5.92 Å². The molecule has 1 aromatic heterocycles. The molecule has 2 atom stereocenters. The molecule has 2 unspecified atom stereocenters. The van der Waals surface area contributed by atoms with E-state index in [9.17, 15) is 9.59 Å². The molecule has 1 amide bonds. The zero-order valence-corrected chi connectivity index (χ0v) is 9.22. The molecule has 7 nitrogen and oxygen atoms in total. The molecule has 1 rings (SSSR count). The van der Waals surface area contributed by atoms with Crippen LogP contribution in [-0.4, -0.2) is 33.2 Å². The van der Waals surface area contributed by atoms with Crippen LogP contribution in [0.25, 0.3) is 0 Å². The zero-order chi connectivity index (χ0) is 12.3. The van der Waals surface area contributed by atoms with E-state index >= 15 is 0 Å². The molecule has 0 radical (unpaired) electrons. The van der Waals surface area contributed by atoms with Gasteiger partial charge in [0.2, 0.25) is 5.89 Å². The summed E-state index contributed by atoms with van der Waals surface area (Å²) in [5, 5.41) is 14.7. The number of aliphatic carboxylic acids is 1. The van der Waals surface area contributed by atoms with Crippen molar-refractivity contribution in [1.82, 2.24) is 15.5 Å². The number of hydrogen-bond donors (Lipinski definition) is 2. The van der Waals surface area contributed by atoms with Gasteiger partial charge in [-0.25, -0.2) is 0 Å². The van der Waals surface area contributed by atoms with Gasteiger partial charge in [-0.05, 0) is 13.8 Å². The summed E-state index contributed by atoms with van der Waals surface area (Å²) < 4.78 is 4.64. The number of amides is 1. The molecule has 0 saturated carbocycles. The van der Waals surface area contributed by atoms with Gasteiger partial charge in [0.15, 0.2) is 0 Å². The van der Waals surface area contributed by atoms with Crippen molar-refractivity contribution < 1.29 is 19.2 Å². The molecule has 2 N–H and O–H groups in total. The summed E-state index contributed by atoms with van der Waals surface area (Å²) >= 11 is 0. The molecular formula is C9H13N3O4. The molecule has 7 heteroatoms. The van der Waals surface area contributed by atoms with Gasteiger partial charge in [0.25, 0.3) is 11.7 Å². The van der Waals surface area contributed by atoms with Gasteiger partial charge in [0, 0.05) is 13.0 Å². The van der Waals surface area contributed by atoms with Crippen LogP contribution in [-0.2, 0) is 4.79 Å². The summed E-state index contributed by atoms with van der Waals surface area (Å²) in [7, 11) is 0. The van der Waals surface area contributed by atoms with Crippen molar-refractivity contribution in [3.05, 3.63) is 11.7 Å². The fraction of sp³-hybridized carbons (Fsp3) is 0.556. The molecule has 88 valence electrons. The van der Waals surface area contributed by atoms with E-state index in [1.807, 2.05) is 0 Å². The molecule has 0 saturated heterocycles. The van der Waals surface area contributed by atoms with Gasteiger partial charge < -0.3 is 14.9 Å². The Hall–Kier alpha value is -1.92. The summed E-state index contributed by atoms with van der Waals surface area (Å²) in [5.41, 5.74) is 0. The Balaban J connectivity index is 2.61. The van der Waals surface area contributed by atoms with Gasteiger partial charge in [0.05, 0.1) is 5.92 Å². The molecule has 0 aliphatic carbocycles. The van der Waals surface area contributed by atoms with E-state index in [1.165, 1.54) is 6.92 Å². The Morgan fingerprint density at radius 3 is 2.50 bits per heavy atom. The summed E-state index contributed by atoms with van der Waals surface area (Å²) in [6.45, 7) is 4.67. The van der Waals surface area contributed by atoms with Crippen LogP contribution >= 0.6 is 0 Å². The number of carboxylic acid groups (broad SMARTS) is 1. The van der Waals surface area contributed by atoms with Crippen molar-refractivity contribution in [2.45, 2.75) is 26.8 Å². The Morgan fingerprint density at radius 1 is 1.44 bits per heavy atom. The minimum atomic E-state index is -0.975. The van der Waals surface area contributed by atoms with Gasteiger partial charge in [-0.15, -0.1) is 0 Å². The first kappa shape index (κ1) is 12.2. The Morgan fingerprint density at radius 2 is 2.06 bits per heavy atom. The Bertz CT molecular complexity index is 401. The van der Waals surface area contributed by atoms with Crippen molar-refractivity contribution in [1.29, 1.82) is 0 Å². The number of nitrogens with zero attached hydrogens (tertiary/aromatic N) is 2. The maximum Gasteiger partial charge on any atom is 0.308 e. The van der Waals surface area contributed by atoms with E-state index in [-0.39, 0.29) is 11.7 Å². The van der Waals surface area contributed by atoms with Gasteiger partial charge in [-0.2, -0.15) is 4.98 Å². The summed E-state index contributed by atoms with van der Waals surface area (Å²) in [4.78, 5) is 25.9. The lowest BCUT2D eigenvalue weighted by molar-refractivity contribution is -0.141. The molecule has 0 spiro atoms. The highest BCUT2D eigenvalue weighted by Gasteiger charge is 2.23. The minimum Gasteiger partial charge on any atom is -0.481 e. The van der Waals surface area contributed by atoms with Crippen LogP contribution in [0.15, 0.2) is 4.52 Å². The lowest BCUT2D eigenvalue weighted by Gasteiger charge is -2.16. The molecular weight excluding hydrogens is 214 g/mol. The molecule has 0 aliphatic heterocycles. The smallest absolute Gasteiger partial charge is 0.308 e. The van der Waals surface area contributed by atoms with Crippen LogP contribution in [0.5, 0.6) is 0 Å². The van der Waals surface area contributed by atoms with Gasteiger partial charge in [-0.1, -0.05) is 5.16 Å². The predicted octanol–water partition coefficient (Wildman–Crippen LogP) is 0.217. The van der Waals surface area contributed by atoms with E-state index < -0.39 is 23.8 Å². The van der Waals surface area contributed by atoms with Gasteiger partial charge in [-0.3, -0.25) is 9.59 Å². The average Bonchev–Trinajstić information content (AvgIpc) is 2.63. The molecule has 0 fully saturated rings. The first-order chi connectivity index (χ1) is 7.41. The number of aryl methyl sites for hydroxylation is 1. The van der Waals surface area contributed by atoms with Crippen LogP contribution < -0.4 is 5.32 Å². The molecule has 1 heterocycles. The molecule has 0 aliphatic rings.